The molecule has 0 spiro atoms. The molecule has 11 heteroatoms. The molecule has 3 heterocycles. The Morgan fingerprint density at radius 3 is 2.55 bits per heavy atom. The van der Waals surface area contributed by atoms with Crippen LogP contribution < -0.4 is 16.4 Å². The Hall–Kier alpha value is -2.14. The fourth-order valence-electron chi connectivity index (χ4n) is 3.21. The van der Waals surface area contributed by atoms with Gasteiger partial charge in [-0.15, -0.1) is 0 Å². The van der Waals surface area contributed by atoms with Crippen molar-refractivity contribution in [1.82, 2.24) is 15.0 Å². The summed E-state index contributed by atoms with van der Waals surface area (Å²) in [6.07, 6.45) is -0.613. The van der Waals surface area contributed by atoms with Crippen molar-refractivity contribution in [3.05, 3.63) is 30.2 Å². The first-order valence-electron chi connectivity index (χ1n) is 9.03. The van der Waals surface area contributed by atoms with Gasteiger partial charge in [-0.25, -0.2) is 14.4 Å². The predicted octanol–water partition coefficient (Wildman–Crippen LogP) is 3.53. The third-order valence-corrected chi connectivity index (χ3v) is 6.35. The molecule has 0 bridgehead atoms. The van der Waals surface area contributed by atoms with Gasteiger partial charge < -0.3 is 16.4 Å². The zero-order chi connectivity index (χ0) is 21.2. The second kappa shape index (κ2) is 8.31. The zero-order valence-electron chi connectivity index (χ0n) is 15.8. The van der Waals surface area contributed by atoms with E-state index in [1.165, 1.54) is 18.3 Å². The van der Waals surface area contributed by atoms with Crippen LogP contribution in [0.2, 0.25) is 0 Å². The summed E-state index contributed by atoms with van der Waals surface area (Å²) >= 11 is 0.772. The fraction of sp³-hybridized carbons (Fsp3) is 0.500. The van der Waals surface area contributed by atoms with Crippen molar-refractivity contribution in [2.24, 2.45) is 11.1 Å². The van der Waals surface area contributed by atoms with Gasteiger partial charge in [0.15, 0.2) is 11.5 Å². The number of pyridine rings is 1. The van der Waals surface area contributed by atoms with Crippen LogP contribution in [0.25, 0.3) is 0 Å². The minimum atomic E-state index is -4.58. The Labute approximate surface area is 170 Å². The molecular formula is C18H22F4N6S. The van der Waals surface area contributed by atoms with Crippen molar-refractivity contribution in [1.29, 1.82) is 0 Å². The van der Waals surface area contributed by atoms with Gasteiger partial charge in [0.2, 0.25) is 0 Å². The molecular weight excluding hydrogens is 408 g/mol. The SMILES string of the molecule is CC1([C@@H](N)CF)CCN(c2cnc(Sc3cccnc3C(F)(F)F)c(N)n2)CC1. The summed E-state index contributed by atoms with van der Waals surface area (Å²) in [5.74, 6) is 0.572. The first-order valence-corrected chi connectivity index (χ1v) is 9.85. The van der Waals surface area contributed by atoms with Gasteiger partial charge >= 0.3 is 6.18 Å². The molecule has 0 unspecified atom stereocenters. The van der Waals surface area contributed by atoms with Gasteiger partial charge in [0.25, 0.3) is 0 Å². The van der Waals surface area contributed by atoms with Crippen LogP contribution in [0, 0.1) is 5.41 Å². The van der Waals surface area contributed by atoms with E-state index in [1.807, 2.05) is 11.8 Å². The van der Waals surface area contributed by atoms with Gasteiger partial charge in [0.1, 0.15) is 17.5 Å². The third kappa shape index (κ3) is 4.72. The maximum absolute atomic E-state index is 13.1. The highest BCUT2D eigenvalue weighted by Crippen LogP contribution is 2.39. The molecule has 1 atom stereocenters. The zero-order valence-corrected chi connectivity index (χ0v) is 16.6. The molecule has 0 saturated carbocycles. The number of aromatic nitrogens is 3. The first kappa shape index (κ1) is 21.6. The lowest BCUT2D eigenvalue weighted by Crippen LogP contribution is -2.49. The second-order valence-electron chi connectivity index (χ2n) is 7.27. The second-order valence-corrected chi connectivity index (χ2v) is 8.30. The van der Waals surface area contributed by atoms with Crippen molar-refractivity contribution in [2.45, 2.75) is 41.9 Å². The summed E-state index contributed by atoms with van der Waals surface area (Å²) in [5.41, 5.74) is 10.6. The lowest BCUT2D eigenvalue weighted by Gasteiger charge is -2.42. The Morgan fingerprint density at radius 2 is 1.97 bits per heavy atom. The number of alkyl halides is 4. The molecule has 4 N–H and O–H groups in total. The minimum absolute atomic E-state index is 0.0401. The monoisotopic (exact) mass is 430 g/mol. The molecule has 0 radical (unpaired) electrons. The normalized spacial score (nSPS) is 17.9. The van der Waals surface area contributed by atoms with E-state index in [2.05, 4.69) is 15.0 Å². The molecule has 0 amide bonds. The smallest absolute Gasteiger partial charge is 0.381 e. The van der Waals surface area contributed by atoms with E-state index in [0.29, 0.717) is 31.7 Å². The molecule has 1 aliphatic rings. The molecule has 6 nitrogen and oxygen atoms in total. The van der Waals surface area contributed by atoms with Gasteiger partial charge in [-0.05, 0) is 30.4 Å². The number of nitrogen functional groups attached to an aromatic ring is 1. The van der Waals surface area contributed by atoms with E-state index in [0.717, 1.165) is 18.0 Å². The standard InChI is InChI=1S/C18H22F4N6S/c1-17(12(23)9-19)4-7-28(8-5-17)13-10-26-16(15(24)27-13)29-11-3-2-6-25-14(11)18(20,21)22/h2-3,6,10,12H,4-5,7-9,23H2,1H3,(H2,24,27)/t12-/m0/s1. The maximum Gasteiger partial charge on any atom is 0.434 e. The number of nitrogens with zero attached hydrogens (tertiary/aromatic N) is 4. The van der Waals surface area contributed by atoms with Crippen LogP contribution in [-0.4, -0.2) is 40.8 Å². The average molecular weight is 430 g/mol. The summed E-state index contributed by atoms with van der Waals surface area (Å²) in [5, 5.41) is 0.175. The number of hydrogen-bond donors (Lipinski definition) is 2. The van der Waals surface area contributed by atoms with E-state index in [-0.39, 0.29) is 21.2 Å². The Balaban J connectivity index is 1.74. The quantitative estimate of drug-likeness (QED) is 0.701. The molecule has 2 aromatic heterocycles. The highest BCUT2D eigenvalue weighted by atomic mass is 32.2. The number of rotatable bonds is 5. The summed E-state index contributed by atoms with van der Waals surface area (Å²) in [6.45, 7) is 2.64. The van der Waals surface area contributed by atoms with Crippen LogP contribution in [-0.2, 0) is 6.18 Å². The Kier molecular flexibility index (Phi) is 6.18. The molecule has 1 saturated heterocycles. The fourth-order valence-corrected chi connectivity index (χ4v) is 4.08. The van der Waals surface area contributed by atoms with Crippen LogP contribution in [0.1, 0.15) is 25.5 Å². The van der Waals surface area contributed by atoms with Gasteiger partial charge in [0, 0.05) is 30.2 Å². The third-order valence-electron chi connectivity index (χ3n) is 5.29. The van der Waals surface area contributed by atoms with E-state index in [1.54, 1.807) is 0 Å². The largest absolute Gasteiger partial charge is 0.434 e. The van der Waals surface area contributed by atoms with Gasteiger partial charge in [0.05, 0.1) is 6.20 Å². The van der Waals surface area contributed by atoms with Crippen LogP contribution in [0.5, 0.6) is 0 Å². The molecule has 1 fully saturated rings. The highest BCUT2D eigenvalue weighted by Gasteiger charge is 2.37. The summed E-state index contributed by atoms with van der Waals surface area (Å²) in [6, 6.07) is 2.22. The Bertz CT molecular complexity index is 854. The topological polar surface area (TPSA) is 94.0 Å². The summed E-state index contributed by atoms with van der Waals surface area (Å²) in [7, 11) is 0. The number of piperidine rings is 1. The Morgan fingerprint density at radius 1 is 1.28 bits per heavy atom. The minimum Gasteiger partial charge on any atom is -0.381 e. The molecule has 0 aliphatic carbocycles. The number of hydrogen-bond acceptors (Lipinski definition) is 7. The first-order chi connectivity index (χ1) is 13.6. The van der Waals surface area contributed by atoms with E-state index >= 15 is 0 Å². The molecule has 1 aliphatic heterocycles. The van der Waals surface area contributed by atoms with Crippen molar-refractivity contribution in [3.8, 4) is 0 Å². The van der Waals surface area contributed by atoms with Crippen LogP contribution >= 0.6 is 11.8 Å². The molecule has 2 aromatic rings. The van der Waals surface area contributed by atoms with Crippen LogP contribution in [0.3, 0.4) is 0 Å². The number of anilines is 2. The number of nitrogens with two attached hydrogens (primary N) is 2. The lowest BCUT2D eigenvalue weighted by molar-refractivity contribution is -0.143. The van der Waals surface area contributed by atoms with E-state index < -0.39 is 24.6 Å². The van der Waals surface area contributed by atoms with E-state index in [9.17, 15) is 17.6 Å². The van der Waals surface area contributed by atoms with Crippen LogP contribution in [0.4, 0.5) is 29.2 Å². The average Bonchev–Trinajstić information content (AvgIpc) is 2.69. The predicted molar refractivity (Wildman–Crippen MR) is 103 cm³/mol. The van der Waals surface area contributed by atoms with Gasteiger partial charge in [-0.3, -0.25) is 4.98 Å². The van der Waals surface area contributed by atoms with E-state index in [4.69, 9.17) is 11.5 Å². The number of halogens is 4. The summed E-state index contributed by atoms with van der Waals surface area (Å²) in [4.78, 5) is 13.8. The van der Waals surface area contributed by atoms with Crippen molar-refractivity contribution in [3.63, 3.8) is 0 Å². The highest BCUT2D eigenvalue weighted by molar-refractivity contribution is 7.99. The molecule has 3 rings (SSSR count). The molecule has 29 heavy (non-hydrogen) atoms. The maximum atomic E-state index is 13.1. The summed E-state index contributed by atoms with van der Waals surface area (Å²) < 4.78 is 52.3. The lowest BCUT2D eigenvalue weighted by atomic mass is 9.75. The molecule has 158 valence electrons. The van der Waals surface area contributed by atoms with Gasteiger partial charge in [-0.2, -0.15) is 13.2 Å². The molecule has 0 aromatic carbocycles. The van der Waals surface area contributed by atoms with Gasteiger partial charge in [-0.1, -0.05) is 18.7 Å². The van der Waals surface area contributed by atoms with Crippen LogP contribution in [0.15, 0.2) is 34.4 Å². The van der Waals surface area contributed by atoms with Crippen molar-refractivity contribution in [2.75, 3.05) is 30.4 Å². The van der Waals surface area contributed by atoms with Crippen molar-refractivity contribution < 1.29 is 17.6 Å². The van der Waals surface area contributed by atoms with Crippen molar-refractivity contribution >= 4 is 23.4 Å².